The Bertz CT molecular complexity index is 424. The van der Waals surface area contributed by atoms with Crippen molar-refractivity contribution < 1.29 is 19.1 Å². The van der Waals surface area contributed by atoms with E-state index in [0.717, 1.165) is 0 Å². The second-order valence-corrected chi connectivity index (χ2v) is 5.79. The zero-order valence-corrected chi connectivity index (χ0v) is 13.9. The number of esters is 1. The molecule has 2 unspecified atom stereocenters. The van der Waals surface area contributed by atoms with Crippen molar-refractivity contribution >= 4 is 59.8 Å². The minimum absolute atomic E-state index is 0.237. The second-order valence-electron chi connectivity index (χ2n) is 3.13. The van der Waals surface area contributed by atoms with E-state index < -0.39 is 24.5 Å². The first-order valence-electron chi connectivity index (χ1n) is 4.57. The normalized spacial score (nSPS) is 20.4. The molecule has 1 heterocycles. The third kappa shape index (κ3) is 3.81. The van der Waals surface area contributed by atoms with Crippen LogP contribution in [-0.4, -0.2) is 31.6 Å². The molecule has 0 saturated carbocycles. The molecular weight excluding hydrogens is 440 g/mol. The second kappa shape index (κ2) is 6.69. The van der Waals surface area contributed by atoms with Gasteiger partial charge in [0.05, 0.1) is 4.48 Å². The molecule has 0 saturated heterocycles. The number of carbonyl (C=O) groups excluding carboxylic acids is 2. The Morgan fingerprint density at radius 1 is 1.56 bits per heavy atom. The number of hydrogen-bond acceptors (Lipinski definition) is 4. The van der Waals surface area contributed by atoms with Gasteiger partial charge in [0.15, 0.2) is 6.23 Å². The zero-order valence-electron chi connectivity index (χ0n) is 9.13. The third-order valence-electron chi connectivity index (χ3n) is 1.89. The van der Waals surface area contributed by atoms with Crippen molar-refractivity contribution in [1.29, 1.82) is 0 Å². The summed E-state index contributed by atoms with van der Waals surface area (Å²) in [6.07, 6.45) is -1.55. The van der Waals surface area contributed by atoms with Crippen molar-refractivity contribution in [3.8, 4) is 0 Å². The van der Waals surface area contributed by atoms with Gasteiger partial charge in [0, 0.05) is 11.6 Å². The summed E-state index contributed by atoms with van der Waals surface area (Å²) in [5, 5.41) is 4.91. The highest BCUT2D eigenvalue weighted by molar-refractivity contribution is 9.14. The number of amides is 2. The van der Waals surface area contributed by atoms with E-state index in [2.05, 4.69) is 65.0 Å². The van der Waals surface area contributed by atoms with Crippen LogP contribution >= 0.6 is 47.8 Å². The molecule has 0 radical (unpaired) electrons. The number of carbonyl (C=O) groups is 2. The molecule has 2 N–H and O–H groups in total. The van der Waals surface area contributed by atoms with Gasteiger partial charge in [-0.2, -0.15) is 0 Å². The molecule has 6 nitrogen and oxygen atoms in total. The van der Waals surface area contributed by atoms with Crippen LogP contribution < -0.4 is 10.6 Å². The molecule has 0 bridgehead atoms. The Labute approximate surface area is 129 Å². The fraction of sp³-hybridized carbons (Fsp3) is 0.333. The van der Waals surface area contributed by atoms with Crippen molar-refractivity contribution in [2.75, 3.05) is 7.11 Å². The van der Waals surface area contributed by atoms with Crippen molar-refractivity contribution in [1.82, 2.24) is 10.6 Å². The van der Waals surface area contributed by atoms with E-state index in [4.69, 9.17) is 9.47 Å². The Kier molecular flexibility index (Phi) is 5.83. The van der Waals surface area contributed by atoms with Crippen LogP contribution in [0.25, 0.3) is 0 Å². The highest BCUT2D eigenvalue weighted by Crippen LogP contribution is 2.29. The molecule has 1 aliphatic rings. The summed E-state index contributed by atoms with van der Waals surface area (Å²) in [5.41, 5.74) is 0. The molecule has 9 heteroatoms. The number of urea groups is 1. The molecule has 0 fully saturated rings. The Hall–Kier alpha value is -0.380. The maximum absolute atomic E-state index is 11.6. The zero-order chi connectivity index (χ0) is 13.9. The van der Waals surface area contributed by atoms with Gasteiger partial charge in [-0.25, -0.2) is 9.59 Å². The molecule has 1 rings (SSSR count). The fourth-order valence-electron chi connectivity index (χ4n) is 1.06. The Morgan fingerprint density at radius 3 is 2.56 bits per heavy atom. The lowest BCUT2D eigenvalue weighted by atomic mass is 10.5. The first-order chi connectivity index (χ1) is 8.36. The minimum atomic E-state index is -0.868. The first-order valence-corrected chi connectivity index (χ1v) is 6.95. The molecule has 0 aromatic carbocycles. The fourth-order valence-corrected chi connectivity index (χ4v) is 2.03. The molecule has 0 spiro atoms. The number of methoxy groups -OCH3 is 1. The van der Waals surface area contributed by atoms with Crippen LogP contribution in [0.4, 0.5) is 4.79 Å². The summed E-state index contributed by atoms with van der Waals surface area (Å²) < 4.78 is 10.9. The summed E-state index contributed by atoms with van der Waals surface area (Å²) in [6, 6.07) is -0.570. The average molecular weight is 449 g/mol. The number of rotatable bonds is 4. The van der Waals surface area contributed by atoms with Crippen LogP contribution in [0, 0.1) is 0 Å². The van der Waals surface area contributed by atoms with E-state index in [1.54, 1.807) is 0 Å². The van der Waals surface area contributed by atoms with Crippen LogP contribution in [0.2, 0.25) is 0 Å². The maximum Gasteiger partial charge on any atom is 0.348 e. The maximum atomic E-state index is 11.6. The lowest BCUT2D eigenvalue weighted by Gasteiger charge is -2.18. The van der Waals surface area contributed by atoms with Gasteiger partial charge in [-0.1, -0.05) is 22.5 Å². The number of hydrogen-bond donors (Lipinski definition) is 2. The van der Waals surface area contributed by atoms with Crippen molar-refractivity contribution in [2.24, 2.45) is 0 Å². The number of nitrogens with one attached hydrogen (secondary N) is 2. The molecule has 0 aliphatic carbocycles. The van der Waals surface area contributed by atoms with E-state index in [1.807, 2.05) is 0 Å². The van der Waals surface area contributed by atoms with Gasteiger partial charge in [0.1, 0.15) is 4.48 Å². The van der Waals surface area contributed by atoms with Crippen LogP contribution in [0.5, 0.6) is 0 Å². The summed E-state index contributed by atoms with van der Waals surface area (Å²) in [7, 11) is 1.42. The highest BCUT2D eigenvalue weighted by Gasteiger charge is 2.32. The molecule has 0 aromatic rings. The van der Waals surface area contributed by atoms with Crippen LogP contribution in [0.1, 0.15) is 0 Å². The van der Waals surface area contributed by atoms with Crippen molar-refractivity contribution in [2.45, 2.75) is 12.5 Å². The van der Waals surface area contributed by atoms with Gasteiger partial charge < -0.3 is 14.8 Å². The lowest BCUT2D eigenvalue weighted by Crippen LogP contribution is -2.47. The standard InChI is InChI=1S/C9H9Br3N2O4/c1-3(10)6(17-2)13-9(16)14-7-4(11)5(12)8(15)18-7/h6-7H,1H2,2H3,(H2,13,14,16). The van der Waals surface area contributed by atoms with Gasteiger partial charge in [0.25, 0.3) is 0 Å². The van der Waals surface area contributed by atoms with Crippen LogP contribution in [0.15, 0.2) is 20.0 Å². The average Bonchev–Trinajstić information content (AvgIpc) is 2.53. The SMILES string of the molecule is C=C(Br)C(NC(=O)NC1OC(=O)C(Br)=C1Br)OC. The van der Waals surface area contributed by atoms with Crippen molar-refractivity contribution in [3.63, 3.8) is 0 Å². The topological polar surface area (TPSA) is 76.7 Å². The molecule has 100 valence electrons. The predicted octanol–water partition coefficient (Wildman–Crippen LogP) is 2.05. The smallest absolute Gasteiger partial charge is 0.348 e. The molecule has 2 amide bonds. The molecule has 18 heavy (non-hydrogen) atoms. The number of halogens is 3. The van der Waals surface area contributed by atoms with Gasteiger partial charge in [-0.05, 0) is 31.9 Å². The first kappa shape index (κ1) is 15.7. The van der Waals surface area contributed by atoms with Crippen molar-refractivity contribution in [3.05, 3.63) is 20.0 Å². The van der Waals surface area contributed by atoms with E-state index in [-0.39, 0.29) is 4.48 Å². The Morgan fingerprint density at radius 2 is 2.17 bits per heavy atom. The van der Waals surface area contributed by atoms with E-state index >= 15 is 0 Å². The van der Waals surface area contributed by atoms with Crippen LogP contribution in [0.3, 0.4) is 0 Å². The van der Waals surface area contributed by atoms with Gasteiger partial charge in [-0.3, -0.25) is 5.32 Å². The minimum Gasteiger partial charge on any atom is -0.433 e. The summed E-state index contributed by atoms with van der Waals surface area (Å²) in [5.74, 6) is -0.555. The van der Waals surface area contributed by atoms with E-state index in [9.17, 15) is 9.59 Å². The van der Waals surface area contributed by atoms with E-state index in [1.165, 1.54) is 7.11 Å². The summed E-state index contributed by atoms with van der Waals surface area (Å²) in [4.78, 5) is 22.8. The largest absolute Gasteiger partial charge is 0.433 e. The summed E-state index contributed by atoms with van der Waals surface area (Å²) >= 11 is 9.26. The highest BCUT2D eigenvalue weighted by atomic mass is 79.9. The number of cyclic esters (lactones) is 1. The van der Waals surface area contributed by atoms with E-state index in [0.29, 0.717) is 8.96 Å². The monoisotopic (exact) mass is 446 g/mol. The summed E-state index contributed by atoms with van der Waals surface area (Å²) in [6.45, 7) is 3.59. The molecular formula is C9H9Br3N2O4. The van der Waals surface area contributed by atoms with Gasteiger partial charge in [-0.15, -0.1) is 0 Å². The molecule has 0 aromatic heterocycles. The molecule has 1 aliphatic heterocycles. The third-order valence-corrected chi connectivity index (χ3v) is 4.40. The van der Waals surface area contributed by atoms with Gasteiger partial charge in [0.2, 0.25) is 6.23 Å². The number of ether oxygens (including phenoxy) is 2. The molecule has 2 atom stereocenters. The predicted molar refractivity (Wildman–Crippen MR) is 75.3 cm³/mol. The lowest BCUT2D eigenvalue weighted by molar-refractivity contribution is -0.139. The Balaban J connectivity index is 2.57. The van der Waals surface area contributed by atoms with Gasteiger partial charge >= 0.3 is 12.0 Å². The van der Waals surface area contributed by atoms with Crippen LogP contribution in [-0.2, 0) is 14.3 Å². The quantitative estimate of drug-likeness (QED) is 0.510.